The van der Waals surface area contributed by atoms with E-state index >= 15 is 0 Å². The number of aliphatic hydroxyl groups is 1. The first-order chi connectivity index (χ1) is 13.2. The van der Waals surface area contributed by atoms with E-state index in [4.69, 9.17) is 4.74 Å². The van der Waals surface area contributed by atoms with Crippen molar-refractivity contribution >= 4 is 11.9 Å². The van der Waals surface area contributed by atoms with Crippen LogP contribution in [0.3, 0.4) is 0 Å². The van der Waals surface area contributed by atoms with E-state index in [0.717, 1.165) is 22.4 Å². The number of likely N-dealkylation sites (N-methyl/N-ethyl adjacent to an activating group) is 1. The molecule has 1 aromatic rings. The normalized spacial score (nSPS) is 31.8. The van der Waals surface area contributed by atoms with Crippen molar-refractivity contribution in [2.45, 2.75) is 39.4 Å². The number of rotatable bonds is 2. The number of ether oxygens (including phenoxy) is 1. The Balaban J connectivity index is 1.68. The van der Waals surface area contributed by atoms with E-state index in [-0.39, 0.29) is 17.2 Å². The minimum Gasteiger partial charge on any atom is -0.455 e. The standard InChI is InChI=1S/C23H25NO4/c1-13-17-12-23(3)14(2)20(28-22(27)15-8-6-5-7-9-15)19(25)11-16(23)10-18(17)24(4)21(13)26/h5-11,14,19-20,25H,12H2,1-4H3/t14-,19+,20+,23+/m0/s1. The molecule has 4 rings (SSSR count). The average Bonchev–Trinajstić information content (AvgIpc) is 2.89. The van der Waals surface area contributed by atoms with Gasteiger partial charge in [0.15, 0.2) is 0 Å². The predicted octanol–water partition coefficient (Wildman–Crippen LogP) is 3.23. The Hall–Kier alpha value is -2.66. The molecule has 0 saturated heterocycles. The molecule has 0 spiro atoms. The summed E-state index contributed by atoms with van der Waals surface area (Å²) in [5, 5.41) is 10.7. The van der Waals surface area contributed by atoms with Gasteiger partial charge in [0.05, 0.1) is 5.56 Å². The first kappa shape index (κ1) is 18.7. The van der Waals surface area contributed by atoms with Gasteiger partial charge >= 0.3 is 5.97 Å². The van der Waals surface area contributed by atoms with Crippen LogP contribution in [0.25, 0.3) is 0 Å². The minimum absolute atomic E-state index is 0.0179. The smallest absolute Gasteiger partial charge is 0.338 e. The first-order valence-corrected chi connectivity index (χ1v) is 9.60. The third-order valence-corrected chi connectivity index (χ3v) is 6.68. The summed E-state index contributed by atoms with van der Waals surface area (Å²) in [4.78, 5) is 26.6. The Morgan fingerprint density at radius 1 is 1.29 bits per heavy atom. The molecule has 0 fully saturated rings. The molecular weight excluding hydrogens is 354 g/mol. The second-order valence-corrected chi connectivity index (χ2v) is 8.23. The van der Waals surface area contributed by atoms with E-state index in [1.165, 1.54) is 0 Å². The van der Waals surface area contributed by atoms with Gasteiger partial charge in [-0.05, 0) is 48.8 Å². The van der Waals surface area contributed by atoms with E-state index in [1.807, 2.05) is 26.0 Å². The predicted molar refractivity (Wildman–Crippen MR) is 105 cm³/mol. The summed E-state index contributed by atoms with van der Waals surface area (Å²) in [5.41, 5.74) is 3.85. The molecule has 5 heteroatoms. The summed E-state index contributed by atoms with van der Waals surface area (Å²) < 4.78 is 5.75. The largest absolute Gasteiger partial charge is 0.455 e. The number of allylic oxidation sites excluding steroid dienone is 3. The topological polar surface area (TPSA) is 66.8 Å². The van der Waals surface area contributed by atoms with Crippen LogP contribution in [0, 0.1) is 11.3 Å². The maximum absolute atomic E-state index is 12.6. The molecule has 5 nitrogen and oxygen atoms in total. The molecule has 3 aliphatic rings. The monoisotopic (exact) mass is 379 g/mol. The van der Waals surface area contributed by atoms with Crippen LogP contribution >= 0.6 is 0 Å². The molecule has 0 radical (unpaired) electrons. The van der Waals surface area contributed by atoms with Gasteiger partial charge in [-0.15, -0.1) is 0 Å². The van der Waals surface area contributed by atoms with E-state index in [9.17, 15) is 14.7 Å². The Bertz CT molecular complexity index is 943. The summed E-state index contributed by atoms with van der Waals surface area (Å²) in [6.07, 6.45) is 2.92. The number of amides is 1. The minimum atomic E-state index is -0.892. The zero-order chi connectivity index (χ0) is 20.2. The van der Waals surface area contributed by atoms with Crippen LogP contribution in [0.1, 0.15) is 37.6 Å². The third kappa shape index (κ3) is 2.65. The fourth-order valence-corrected chi connectivity index (χ4v) is 4.61. The molecular formula is C23H25NO4. The summed E-state index contributed by atoms with van der Waals surface area (Å²) in [6.45, 7) is 5.99. The van der Waals surface area contributed by atoms with Crippen molar-refractivity contribution < 1.29 is 19.4 Å². The van der Waals surface area contributed by atoms with Crippen molar-refractivity contribution in [3.05, 3.63) is 70.5 Å². The van der Waals surface area contributed by atoms with E-state index in [2.05, 4.69) is 6.92 Å². The Labute approximate surface area is 165 Å². The number of carbonyl (C=O) groups is 2. The average molecular weight is 379 g/mol. The lowest BCUT2D eigenvalue weighted by atomic mass is 9.59. The van der Waals surface area contributed by atoms with Crippen LogP contribution in [-0.4, -0.2) is 41.1 Å². The highest BCUT2D eigenvalue weighted by Crippen LogP contribution is 2.54. The van der Waals surface area contributed by atoms with Gasteiger partial charge < -0.3 is 14.7 Å². The van der Waals surface area contributed by atoms with Crippen molar-refractivity contribution in [3.8, 4) is 0 Å². The Kier molecular flexibility index (Phi) is 4.31. The Morgan fingerprint density at radius 2 is 1.96 bits per heavy atom. The molecule has 4 atom stereocenters. The maximum Gasteiger partial charge on any atom is 0.338 e. The lowest BCUT2D eigenvalue weighted by Crippen LogP contribution is -2.49. The third-order valence-electron chi connectivity index (χ3n) is 6.68. The molecule has 0 unspecified atom stereocenters. The van der Waals surface area contributed by atoms with Crippen molar-refractivity contribution in [3.63, 3.8) is 0 Å². The molecule has 0 saturated carbocycles. The number of nitrogens with zero attached hydrogens (tertiary/aromatic N) is 1. The summed E-state index contributed by atoms with van der Waals surface area (Å²) in [5.74, 6) is -0.534. The van der Waals surface area contributed by atoms with Gasteiger partial charge in [0, 0.05) is 29.7 Å². The zero-order valence-electron chi connectivity index (χ0n) is 16.6. The molecule has 1 heterocycles. The maximum atomic E-state index is 12.6. The highest BCUT2D eigenvalue weighted by molar-refractivity contribution is 6.00. The van der Waals surface area contributed by atoms with Gasteiger partial charge in [0.25, 0.3) is 5.91 Å². The quantitative estimate of drug-likeness (QED) is 0.801. The number of benzene rings is 1. The SMILES string of the molecule is CC1=C2C[C@@]3(C)C(=C[C@@H](O)[C@H](OC(=O)c4ccccc4)[C@@H]3C)C=C2N(C)C1=O. The zero-order valence-corrected chi connectivity index (χ0v) is 16.6. The van der Waals surface area contributed by atoms with E-state index < -0.39 is 18.2 Å². The van der Waals surface area contributed by atoms with Crippen LogP contribution in [0.2, 0.25) is 0 Å². The number of hydrogen-bond acceptors (Lipinski definition) is 4. The number of fused-ring (bicyclic) bond motifs is 2. The molecule has 1 N–H and O–H groups in total. The molecule has 1 aromatic carbocycles. The molecule has 28 heavy (non-hydrogen) atoms. The van der Waals surface area contributed by atoms with Crippen molar-refractivity contribution in [2.24, 2.45) is 11.3 Å². The molecule has 0 bridgehead atoms. The molecule has 146 valence electrons. The molecule has 2 aliphatic carbocycles. The summed E-state index contributed by atoms with van der Waals surface area (Å²) in [7, 11) is 1.78. The second-order valence-electron chi connectivity index (χ2n) is 8.23. The first-order valence-electron chi connectivity index (χ1n) is 9.60. The van der Waals surface area contributed by atoms with Crippen molar-refractivity contribution in [1.29, 1.82) is 0 Å². The molecule has 0 aromatic heterocycles. The summed E-state index contributed by atoms with van der Waals surface area (Å²) in [6, 6.07) is 8.82. The van der Waals surface area contributed by atoms with Crippen LogP contribution in [0.5, 0.6) is 0 Å². The lowest BCUT2D eigenvalue weighted by Gasteiger charge is -2.48. The second kappa shape index (κ2) is 6.45. The Morgan fingerprint density at radius 3 is 2.64 bits per heavy atom. The van der Waals surface area contributed by atoms with Gasteiger partial charge in [-0.25, -0.2) is 4.79 Å². The van der Waals surface area contributed by atoms with Crippen molar-refractivity contribution in [1.82, 2.24) is 4.90 Å². The summed E-state index contributed by atoms with van der Waals surface area (Å²) >= 11 is 0. The highest BCUT2D eigenvalue weighted by Gasteiger charge is 2.50. The van der Waals surface area contributed by atoms with Gasteiger partial charge in [0.1, 0.15) is 12.2 Å². The highest BCUT2D eigenvalue weighted by atomic mass is 16.6. The number of carbonyl (C=O) groups excluding carboxylic acids is 2. The molecule has 1 amide bonds. The fourth-order valence-electron chi connectivity index (χ4n) is 4.61. The van der Waals surface area contributed by atoms with Crippen LogP contribution in [-0.2, 0) is 9.53 Å². The van der Waals surface area contributed by atoms with E-state index in [0.29, 0.717) is 12.0 Å². The van der Waals surface area contributed by atoms with Crippen LogP contribution in [0.4, 0.5) is 0 Å². The van der Waals surface area contributed by atoms with Gasteiger partial charge in [-0.3, -0.25) is 4.79 Å². The van der Waals surface area contributed by atoms with Gasteiger partial charge in [-0.1, -0.05) is 32.0 Å². The van der Waals surface area contributed by atoms with Crippen LogP contribution < -0.4 is 0 Å². The van der Waals surface area contributed by atoms with Gasteiger partial charge in [-0.2, -0.15) is 0 Å². The van der Waals surface area contributed by atoms with E-state index in [1.54, 1.807) is 42.3 Å². The fraction of sp³-hybridized carbons (Fsp3) is 0.391. The van der Waals surface area contributed by atoms with Crippen molar-refractivity contribution in [2.75, 3.05) is 7.05 Å². The lowest BCUT2D eigenvalue weighted by molar-refractivity contribution is -0.123. The van der Waals surface area contributed by atoms with Gasteiger partial charge in [0.2, 0.25) is 0 Å². The van der Waals surface area contributed by atoms with Crippen LogP contribution in [0.15, 0.2) is 64.9 Å². The number of aliphatic hydroxyl groups excluding tert-OH is 1. The number of hydrogen-bond donors (Lipinski definition) is 1. The number of esters is 1. The molecule has 1 aliphatic heterocycles.